The first-order valence-corrected chi connectivity index (χ1v) is 7.90. The van der Waals surface area contributed by atoms with Crippen LogP contribution < -0.4 is 0 Å². The van der Waals surface area contributed by atoms with Crippen molar-refractivity contribution in [2.24, 2.45) is 9.98 Å². The van der Waals surface area contributed by atoms with Gasteiger partial charge in [0.15, 0.2) is 0 Å². The lowest BCUT2D eigenvalue weighted by molar-refractivity contribution is 0.290. The second-order valence-corrected chi connectivity index (χ2v) is 6.56. The fourth-order valence-electron chi connectivity index (χ4n) is 2.84. The van der Waals surface area contributed by atoms with Crippen molar-refractivity contribution in [1.29, 1.82) is 5.26 Å². The van der Waals surface area contributed by atoms with Gasteiger partial charge in [-0.2, -0.15) is 5.26 Å². The van der Waals surface area contributed by atoms with E-state index >= 15 is 0 Å². The molecular formula is C17H14IN3O. The van der Waals surface area contributed by atoms with Crippen molar-refractivity contribution in [3.05, 3.63) is 56.5 Å². The third-order valence-electron chi connectivity index (χ3n) is 4.08. The number of allylic oxidation sites excluding steroid dienone is 1. The van der Waals surface area contributed by atoms with Crippen LogP contribution in [-0.4, -0.2) is 25.6 Å². The molecule has 110 valence electrons. The number of dihydropyridines is 1. The Morgan fingerprint density at radius 1 is 1.32 bits per heavy atom. The molecule has 2 aliphatic rings. The van der Waals surface area contributed by atoms with Gasteiger partial charge in [0, 0.05) is 24.2 Å². The average Bonchev–Trinajstić information content (AvgIpc) is 2.55. The molecule has 0 saturated heterocycles. The fraction of sp³-hybridized carbons (Fsp3) is 0.235. The molecule has 2 heterocycles. The number of fused-ring (bicyclic) bond motifs is 1. The number of halogens is 1. The van der Waals surface area contributed by atoms with Gasteiger partial charge in [-0.3, -0.25) is 9.98 Å². The Labute approximate surface area is 143 Å². The van der Waals surface area contributed by atoms with Crippen LogP contribution in [0.25, 0.3) is 0 Å². The molecule has 0 amide bonds. The number of methoxy groups -OCH3 is 1. The SMILES string of the molecule is COC1=C(I)C=NC2C1=CN=CC2(C)c1ccc(C#N)cc1. The van der Waals surface area contributed by atoms with Crippen LogP contribution in [0.4, 0.5) is 0 Å². The summed E-state index contributed by atoms with van der Waals surface area (Å²) in [4.78, 5) is 9.13. The molecule has 2 aliphatic heterocycles. The molecule has 0 fully saturated rings. The van der Waals surface area contributed by atoms with Gasteiger partial charge in [0.25, 0.3) is 0 Å². The molecule has 0 bridgehead atoms. The summed E-state index contributed by atoms with van der Waals surface area (Å²) in [7, 11) is 1.67. The van der Waals surface area contributed by atoms with Crippen LogP contribution in [0.5, 0.6) is 0 Å². The lowest BCUT2D eigenvalue weighted by Crippen LogP contribution is -2.42. The number of hydrogen-bond donors (Lipinski definition) is 0. The molecule has 5 heteroatoms. The van der Waals surface area contributed by atoms with Gasteiger partial charge in [-0.1, -0.05) is 12.1 Å². The van der Waals surface area contributed by atoms with E-state index in [4.69, 9.17) is 15.0 Å². The molecule has 0 saturated carbocycles. The van der Waals surface area contributed by atoms with E-state index in [0.717, 1.165) is 20.5 Å². The molecule has 3 rings (SSSR count). The maximum atomic E-state index is 8.95. The smallest absolute Gasteiger partial charge is 0.140 e. The van der Waals surface area contributed by atoms with E-state index in [2.05, 4.69) is 40.6 Å². The number of hydrogen-bond acceptors (Lipinski definition) is 4. The first kappa shape index (κ1) is 15.0. The van der Waals surface area contributed by atoms with Crippen molar-refractivity contribution in [3.63, 3.8) is 0 Å². The van der Waals surface area contributed by atoms with E-state index in [9.17, 15) is 0 Å². The van der Waals surface area contributed by atoms with Crippen LogP contribution in [0.2, 0.25) is 0 Å². The highest BCUT2D eigenvalue weighted by Crippen LogP contribution is 2.40. The minimum atomic E-state index is -0.365. The lowest BCUT2D eigenvalue weighted by atomic mass is 9.72. The summed E-state index contributed by atoms with van der Waals surface area (Å²) in [5.41, 5.74) is 2.35. The van der Waals surface area contributed by atoms with Crippen LogP contribution in [-0.2, 0) is 10.2 Å². The summed E-state index contributed by atoms with van der Waals surface area (Å²) in [5, 5.41) is 8.95. The molecule has 2 atom stereocenters. The second kappa shape index (κ2) is 5.69. The Kier molecular flexibility index (Phi) is 3.87. The maximum Gasteiger partial charge on any atom is 0.140 e. The number of rotatable bonds is 2. The Morgan fingerprint density at radius 3 is 2.68 bits per heavy atom. The van der Waals surface area contributed by atoms with Crippen LogP contribution in [0.15, 0.2) is 55.4 Å². The van der Waals surface area contributed by atoms with Crippen LogP contribution in [0.3, 0.4) is 0 Å². The molecule has 0 aromatic heterocycles. The molecule has 4 nitrogen and oxygen atoms in total. The predicted octanol–water partition coefficient (Wildman–Crippen LogP) is 3.53. The minimum Gasteiger partial charge on any atom is -0.495 e. The highest BCUT2D eigenvalue weighted by atomic mass is 127. The highest BCUT2D eigenvalue weighted by Gasteiger charge is 2.41. The molecule has 0 spiro atoms. The van der Waals surface area contributed by atoms with Gasteiger partial charge in [0.2, 0.25) is 0 Å². The minimum absolute atomic E-state index is 0.0774. The summed E-state index contributed by atoms with van der Waals surface area (Å²) in [6, 6.07) is 9.67. The molecule has 22 heavy (non-hydrogen) atoms. The first-order chi connectivity index (χ1) is 10.6. The van der Waals surface area contributed by atoms with Crippen LogP contribution >= 0.6 is 22.6 Å². The third kappa shape index (κ3) is 2.28. The van der Waals surface area contributed by atoms with E-state index in [1.54, 1.807) is 7.11 Å². The Balaban J connectivity index is 2.06. The predicted molar refractivity (Wildman–Crippen MR) is 95.4 cm³/mol. The number of nitriles is 1. The van der Waals surface area contributed by atoms with Gasteiger partial charge >= 0.3 is 0 Å². The van der Waals surface area contributed by atoms with Crippen molar-refractivity contribution in [3.8, 4) is 6.07 Å². The molecule has 0 N–H and O–H groups in total. The molecule has 0 aliphatic carbocycles. The normalized spacial score (nSPS) is 26.3. The Hall–Kier alpha value is -1.94. The van der Waals surface area contributed by atoms with Gasteiger partial charge in [-0.15, -0.1) is 0 Å². The fourth-order valence-corrected chi connectivity index (χ4v) is 3.54. The van der Waals surface area contributed by atoms with E-state index in [-0.39, 0.29) is 11.5 Å². The first-order valence-electron chi connectivity index (χ1n) is 6.82. The summed E-state index contributed by atoms with van der Waals surface area (Å²) in [6.07, 6.45) is 5.60. The molecule has 0 radical (unpaired) electrons. The zero-order chi connectivity index (χ0) is 15.7. The zero-order valence-corrected chi connectivity index (χ0v) is 14.4. The largest absolute Gasteiger partial charge is 0.495 e. The summed E-state index contributed by atoms with van der Waals surface area (Å²) < 4.78 is 6.51. The molecule has 1 aromatic carbocycles. The van der Waals surface area contributed by atoms with Gasteiger partial charge < -0.3 is 4.74 Å². The topological polar surface area (TPSA) is 57.7 Å². The van der Waals surface area contributed by atoms with Crippen molar-refractivity contribution in [2.45, 2.75) is 18.4 Å². The van der Waals surface area contributed by atoms with Gasteiger partial charge in [0.05, 0.1) is 33.8 Å². The monoisotopic (exact) mass is 403 g/mol. The van der Waals surface area contributed by atoms with Crippen molar-refractivity contribution in [1.82, 2.24) is 0 Å². The second-order valence-electron chi connectivity index (χ2n) is 5.40. The standard InChI is InChI=1S/C17H14IN3O/c1-17(12-5-3-11(7-19)4-6-12)10-20-8-13-15(22-2)14(18)9-21-16(13)17/h3-6,8-10,16H,1-2H3. The van der Waals surface area contributed by atoms with Crippen LogP contribution in [0.1, 0.15) is 18.1 Å². The Morgan fingerprint density at radius 2 is 2.05 bits per heavy atom. The van der Waals surface area contributed by atoms with E-state index in [1.165, 1.54) is 0 Å². The third-order valence-corrected chi connectivity index (χ3v) is 4.84. The molecule has 1 aromatic rings. The number of aliphatic imine (C=N–C) groups is 2. The molecule has 2 unspecified atom stereocenters. The maximum absolute atomic E-state index is 8.95. The number of benzene rings is 1. The van der Waals surface area contributed by atoms with E-state index < -0.39 is 0 Å². The summed E-state index contributed by atoms with van der Waals surface area (Å²) >= 11 is 2.22. The van der Waals surface area contributed by atoms with E-state index in [0.29, 0.717) is 5.56 Å². The van der Waals surface area contributed by atoms with E-state index in [1.807, 2.05) is 42.9 Å². The number of nitrogens with zero attached hydrogens (tertiary/aromatic N) is 3. The quantitative estimate of drug-likeness (QED) is 0.710. The summed E-state index contributed by atoms with van der Waals surface area (Å²) in [5.74, 6) is 0.831. The van der Waals surface area contributed by atoms with Crippen LogP contribution in [0, 0.1) is 11.3 Å². The van der Waals surface area contributed by atoms with Crippen molar-refractivity contribution >= 4 is 35.0 Å². The average molecular weight is 403 g/mol. The van der Waals surface area contributed by atoms with Crippen molar-refractivity contribution in [2.75, 3.05) is 7.11 Å². The van der Waals surface area contributed by atoms with Crippen molar-refractivity contribution < 1.29 is 4.74 Å². The highest BCUT2D eigenvalue weighted by molar-refractivity contribution is 14.1. The zero-order valence-electron chi connectivity index (χ0n) is 12.2. The number of ether oxygens (including phenoxy) is 1. The van der Waals surface area contributed by atoms with Gasteiger partial charge in [0.1, 0.15) is 5.76 Å². The lowest BCUT2D eigenvalue weighted by Gasteiger charge is -2.37. The Bertz CT molecular complexity index is 768. The van der Waals surface area contributed by atoms with Gasteiger partial charge in [-0.05, 0) is 47.2 Å². The summed E-state index contributed by atoms with van der Waals surface area (Å²) in [6.45, 7) is 2.11. The van der Waals surface area contributed by atoms with Gasteiger partial charge in [-0.25, -0.2) is 0 Å². The molecular weight excluding hydrogens is 389 g/mol.